The fourth-order valence-electron chi connectivity index (χ4n) is 2.14. The third-order valence-corrected chi connectivity index (χ3v) is 3.27. The molecule has 1 heterocycles. The lowest BCUT2D eigenvalue weighted by Crippen LogP contribution is -2.48. The van der Waals surface area contributed by atoms with Crippen molar-refractivity contribution in [1.29, 1.82) is 10.8 Å². The molecule has 1 aromatic carbocycles. The molecule has 0 amide bonds. The van der Waals surface area contributed by atoms with Gasteiger partial charge in [0.2, 0.25) is 5.96 Å². The van der Waals surface area contributed by atoms with Gasteiger partial charge in [0, 0.05) is 20.1 Å². The molecule has 0 aliphatic carbocycles. The van der Waals surface area contributed by atoms with Crippen molar-refractivity contribution in [2.75, 3.05) is 25.0 Å². The minimum absolute atomic E-state index is 0.0797. The van der Waals surface area contributed by atoms with Gasteiger partial charge in [-0.3, -0.25) is 16.1 Å². The molecule has 0 bridgehead atoms. The summed E-state index contributed by atoms with van der Waals surface area (Å²) in [6.07, 6.45) is 2.02. The van der Waals surface area contributed by atoms with E-state index in [2.05, 4.69) is 5.32 Å². The molecule has 2 rings (SSSR count). The Labute approximate surface area is 116 Å². The van der Waals surface area contributed by atoms with Crippen LogP contribution < -0.4 is 10.2 Å². The summed E-state index contributed by atoms with van der Waals surface area (Å²) < 4.78 is 27.3. The summed E-state index contributed by atoms with van der Waals surface area (Å²) in [6, 6.07) is 3.54. The van der Waals surface area contributed by atoms with Crippen molar-refractivity contribution in [3.05, 3.63) is 29.8 Å². The van der Waals surface area contributed by atoms with Crippen LogP contribution in [-0.2, 0) is 0 Å². The third-order valence-electron chi connectivity index (χ3n) is 3.27. The molecule has 0 saturated carbocycles. The molecule has 1 aliphatic heterocycles. The summed E-state index contributed by atoms with van der Waals surface area (Å²) in [4.78, 5) is 2.84. The van der Waals surface area contributed by atoms with Crippen LogP contribution in [0.25, 0.3) is 0 Å². The summed E-state index contributed by atoms with van der Waals surface area (Å²) in [6.45, 7) is 1.52. The Morgan fingerprint density at radius 1 is 1.20 bits per heavy atom. The van der Waals surface area contributed by atoms with Crippen molar-refractivity contribution in [2.24, 2.45) is 0 Å². The zero-order chi connectivity index (χ0) is 14.7. The average Bonchev–Trinajstić information content (AvgIpc) is 2.92. The maximum absolute atomic E-state index is 13.6. The summed E-state index contributed by atoms with van der Waals surface area (Å²) in [5.74, 6) is -1.65. The van der Waals surface area contributed by atoms with Crippen LogP contribution in [0.4, 0.5) is 14.5 Å². The van der Waals surface area contributed by atoms with Gasteiger partial charge in [-0.25, -0.2) is 8.78 Å². The number of rotatable bonds is 1. The molecule has 0 aromatic heterocycles. The minimum atomic E-state index is -0.744. The Morgan fingerprint density at radius 2 is 1.75 bits per heavy atom. The van der Waals surface area contributed by atoms with Crippen molar-refractivity contribution in [3.8, 4) is 0 Å². The Kier molecular flexibility index (Phi) is 4.16. The van der Waals surface area contributed by atoms with E-state index in [1.54, 1.807) is 4.90 Å². The second kappa shape index (κ2) is 5.85. The first-order valence-electron chi connectivity index (χ1n) is 6.37. The SMILES string of the molecule is CN(C(=N)NC(=N)N1CCCC1)c1c(F)cccc1F. The van der Waals surface area contributed by atoms with E-state index >= 15 is 0 Å². The fourth-order valence-corrected chi connectivity index (χ4v) is 2.14. The first-order valence-corrected chi connectivity index (χ1v) is 6.37. The molecule has 1 fully saturated rings. The number of para-hydroxylation sites is 1. The van der Waals surface area contributed by atoms with Gasteiger partial charge in [0.15, 0.2) is 5.96 Å². The molecular weight excluding hydrogens is 264 g/mol. The highest BCUT2D eigenvalue weighted by atomic mass is 19.1. The molecule has 0 unspecified atom stereocenters. The van der Waals surface area contributed by atoms with Gasteiger partial charge in [-0.05, 0) is 25.0 Å². The van der Waals surface area contributed by atoms with Gasteiger partial charge in [0.1, 0.15) is 17.3 Å². The van der Waals surface area contributed by atoms with E-state index in [0.29, 0.717) is 0 Å². The van der Waals surface area contributed by atoms with Crippen LogP contribution in [0, 0.1) is 22.5 Å². The highest BCUT2D eigenvalue weighted by Gasteiger charge is 2.20. The molecule has 1 aliphatic rings. The van der Waals surface area contributed by atoms with Gasteiger partial charge in [0.25, 0.3) is 0 Å². The second-order valence-electron chi connectivity index (χ2n) is 4.65. The monoisotopic (exact) mass is 281 g/mol. The summed E-state index contributed by atoms with van der Waals surface area (Å²) in [5.41, 5.74) is -0.306. The van der Waals surface area contributed by atoms with Crippen LogP contribution >= 0.6 is 0 Å². The van der Waals surface area contributed by atoms with Crippen LogP contribution in [0.2, 0.25) is 0 Å². The van der Waals surface area contributed by atoms with Gasteiger partial charge < -0.3 is 9.80 Å². The predicted octanol–water partition coefficient (Wildman–Crippen LogP) is 1.96. The van der Waals surface area contributed by atoms with Crippen LogP contribution in [-0.4, -0.2) is 37.0 Å². The summed E-state index contributed by atoms with van der Waals surface area (Å²) >= 11 is 0. The van der Waals surface area contributed by atoms with E-state index in [-0.39, 0.29) is 17.6 Å². The second-order valence-corrected chi connectivity index (χ2v) is 4.65. The lowest BCUT2D eigenvalue weighted by Gasteiger charge is -2.25. The number of guanidine groups is 2. The highest BCUT2D eigenvalue weighted by Crippen LogP contribution is 2.21. The van der Waals surface area contributed by atoms with Crippen molar-refractivity contribution in [2.45, 2.75) is 12.8 Å². The molecule has 7 heteroatoms. The molecule has 5 nitrogen and oxygen atoms in total. The predicted molar refractivity (Wildman–Crippen MR) is 74.2 cm³/mol. The van der Waals surface area contributed by atoms with Crippen molar-refractivity contribution < 1.29 is 8.78 Å². The summed E-state index contributed by atoms with van der Waals surface area (Å²) in [7, 11) is 1.38. The number of nitrogens with one attached hydrogen (secondary N) is 3. The van der Waals surface area contributed by atoms with Crippen LogP contribution in [0.5, 0.6) is 0 Å². The van der Waals surface area contributed by atoms with E-state index < -0.39 is 11.6 Å². The Balaban J connectivity index is 2.07. The maximum Gasteiger partial charge on any atom is 0.202 e. The Hall–Kier alpha value is -2.18. The number of anilines is 1. The zero-order valence-corrected chi connectivity index (χ0v) is 11.2. The normalized spacial score (nSPS) is 14.2. The summed E-state index contributed by atoms with van der Waals surface area (Å²) in [5, 5.41) is 18.2. The zero-order valence-electron chi connectivity index (χ0n) is 11.2. The number of hydrogen-bond acceptors (Lipinski definition) is 2. The molecule has 0 atom stereocenters. The molecular formula is C13H17F2N5. The van der Waals surface area contributed by atoms with Crippen LogP contribution in [0.15, 0.2) is 18.2 Å². The van der Waals surface area contributed by atoms with Crippen LogP contribution in [0.1, 0.15) is 12.8 Å². The third kappa shape index (κ3) is 2.87. The molecule has 0 spiro atoms. The van der Waals surface area contributed by atoms with Crippen molar-refractivity contribution in [3.63, 3.8) is 0 Å². The minimum Gasteiger partial charge on any atom is -0.343 e. The van der Waals surface area contributed by atoms with E-state index in [9.17, 15) is 8.78 Å². The highest BCUT2D eigenvalue weighted by molar-refractivity contribution is 6.03. The number of benzene rings is 1. The van der Waals surface area contributed by atoms with Crippen molar-refractivity contribution in [1.82, 2.24) is 10.2 Å². The van der Waals surface area contributed by atoms with Crippen molar-refractivity contribution >= 4 is 17.6 Å². The number of nitrogens with zero attached hydrogens (tertiary/aromatic N) is 2. The molecule has 108 valence electrons. The fraction of sp³-hybridized carbons (Fsp3) is 0.385. The number of likely N-dealkylation sites (tertiary alicyclic amines) is 1. The Morgan fingerprint density at radius 3 is 2.30 bits per heavy atom. The van der Waals surface area contributed by atoms with E-state index in [0.717, 1.165) is 43.0 Å². The lowest BCUT2D eigenvalue weighted by atomic mass is 10.2. The van der Waals surface area contributed by atoms with E-state index in [1.165, 1.54) is 13.1 Å². The van der Waals surface area contributed by atoms with E-state index in [1.807, 2.05) is 0 Å². The smallest absolute Gasteiger partial charge is 0.202 e. The first kappa shape index (κ1) is 14.2. The molecule has 1 aromatic rings. The lowest BCUT2D eigenvalue weighted by molar-refractivity contribution is 0.502. The van der Waals surface area contributed by atoms with E-state index in [4.69, 9.17) is 10.8 Å². The molecule has 3 N–H and O–H groups in total. The van der Waals surface area contributed by atoms with Crippen LogP contribution in [0.3, 0.4) is 0 Å². The maximum atomic E-state index is 13.6. The topological polar surface area (TPSA) is 66.2 Å². The van der Waals surface area contributed by atoms with Gasteiger partial charge in [-0.1, -0.05) is 6.07 Å². The average molecular weight is 281 g/mol. The quantitative estimate of drug-likeness (QED) is 0.544. The van der Waals surface area contributed by atoms with Gasteiger partial charge in [-0.15, -0.1) is 0 Å². The number of halogens is 2. The molecule has 1 saturated heterocycles. The van der Waals surface area contributed by atoms with Gasteiger partial charge in [-0.2, -0.15) is 0 Å². The largest absolute Gasteiger partial charge is 0.343 e. The standard InChI is InChI=1S/C13H17F2N5/c1-19(11-9(14)5-4-6-10(11)15)12(16)18-13(17)20-7-2-3-8-20/h4-6H,2-3,7-8H2,1H3,(H3,16,17,18). The molecule has 0 radical (unpaired) electrons. The molecule has 20 heavy (non-hydrogen) atoms. The Bertz CT molecular complexity index is 505. The number of hydrogen-bond donors (Lipinski definition) is 3. The first-order chi connectivity index (χ1) is 9.50. The van der Waals surface area contributed by atoms with Gasteiger partial charge in [0.05, 0.1) is 0 Å². The van der Waals surface area contributed by atoms with Gasteiger partial charge >= 0.3 is 0 Å².